The number of nitrogens with zero attached hydrogens (tertiary/aromatic N) is 2. The van der Waals surface area contributed by atoms with Gasteiger partial charge in [-0.1, -0.05) is 17.7 Å². The molecule has 1 heterocycles. The van der Waals surface area contributed by atoms with Gasteiger partial charge in [0.25, 0.3) is 5.91 Å². The summed E-state index contributed by atoms with van der Waals surface area (Å²) in [4.78, 5) is 21.1. The molecule has 6 nitrogen and oxygen atoms in total. The lowest BCUT2D eigenvalue weighted by Gasteiger charge is -2.10. The molecule has 0 saturated heterocycles. The molecule has 3 rings (SSSR count). The summed E-state index contributed by atoms with van der Waals surface area (Å²) in [7, 11) is 0. The van der Waals surface area contributed by atoms with Crippen LogP contribution in [0.25, 0.3) is 0 Å². The van der Waals surface area contributed by atoms with E-state index in [1.165, 1.54) is 0 Å². The average molecular weight is 383 g/mol. The van der Waals surface area contributed by atoms with Crippen molar-refractivity contribution in [2.45, 2.75) is 13.8 Å². The van der Waals surface area contributed by atoms with Gasteiger partial charge in [-0.3, -0.25) is 4.79 Å². The van der Waals surface area contributed by atoms with Crippen LogP contribution in [0.5, 0.6) is 5.75 Å². The number of carbonyl (C=O) groups is 1. The standard InChI is InChI=1S/C20H19ClN4O2/c1-3-27-17-9-7-15(8-10-17)24-19-12-18(22-13(2)23-19)20(26)25-16-6-4-5-14(21)11-16/h4-12H,3H2,1-2H3,(H,25,26)(H,22,23,24). The first-order chi connectivity index (χ1) is 13.0. The minimum atomic E-state index is -0.336. The van der Waals surface area contributed by atoms with Crippen LogP contribution in [-0.2, 0) is 0 Å². The Morgan fingerprint density at radius 2 is 1.85 bits per heavy atom. The predicted molar refractivity (Wildman–Crippen MR) is 107 cm³/mol. The first kappa shape index (κ1) is 18.7. The van der Waals surface area contributed by atoms with Crippen LogP contribution in [-0.4, -0.2) is 22.5 Å². The second kappa shape index (κ2) is 8.51. The summed E-state index contributed by atoms with van der Waals surface area (Å²) in [5, 5.41) is 6.50. The first-order valence-corrected chi connectivity index (χ1v) is 8.84. The highest BCUT2D eigenvalue weighted by Gasteiger charge is 2.11. The van der Waals surface area contributed by atoms with Crippen molar-refractivity contribution in [2.24, 2.45) is 0 Å². The normalized spacial score (nSPS) is 10.3. The fourth-order valence-corrected chi connectivity index (χ4v) is 2.65. The van der Waals surface area contributed by atoms with Crippen molar-refractivity contribution in [1.29, 1.82) is 0 Å². The van der Waals surface area contributed by atoms with Crippen LogP contribution in [0.3, 0.4) is 0 Å². The maximum absolute atomic E-state index is 12.5. The zero-order valence-corrected chi connectivity index (χ0v) is 15.7. The third-order valence-corrected chi connectivity index (χ3v) is 3.83. The summed E-state index contributed by atoms with van der Waals surface area (Å²) in [5.41, 5.74) is 1.69. The summed E-state index contributed by atoms with van der Waals surface area (Å²) >= 11 is 5.95. The van der Waals surface area contributed by atoms with E-state index in [2.05, 4.69) is 20.6 Å². The molecule has 27 heavy (non-hydrogen) atoms. The molecule has 0 spiro atoms. The lowest BCUT2D eigenvalue weighted by atomic mass is 10.2. The Morgan fingerprint density at radius 3 is 2.56 bits per heavy atom. The molecule has 1 aromatic heterocycles. The Labute approximate surface area is 162 Å². The number of carbonyl (C=O) groups excluding carboxylic acids is 1. The number of aromatic nitrogens is 2. The maximum Gasteiger partial charge on any atom is 0.274 e. The van der Waals surface area contributed by atoms with E-state index in [4.69, 9.17) is 16.3 Å². The average Bonchev–Trinajstić information content (AvgIpc) is 2.63. The number of halogens is 1. The molecule has 3 aromatic rings. The lowest BCUT2D eigenvalue weighted by molar-refractivity contribution is 0.102. The van der Waals surface area contributed by atoms with E-state index >= 15 is 0 Å². The molecule has 0 radical (unpaired) electrons. The third-order valence-electron chi connectivity index (χ3n) is 3.59. The van der Waals surface area contributed by atoms with Gasteiger partial charge in [-0.25, -0.2) is 9.97 Å². The van der Waals surface area contributed by atoms with Gasteiger partial charge in [-0.15, -0.1) is 0 Å². The van der Waals surface area contributed by atoms with E-state index in [1.807, 2.05) is 31.2 Å². The number of benzene rings is 2. The number of anilines is 3. The van der Waals surface area contributed by atoms with Gasteiger partial charge in [-0.05, 0) is 56.3 Å². The first-order valence-electron chi connectivity index (χ1n) is 8.46. The van der Waals surface area contributed by atoms with Crippen molar-refractivity contribution in [3.8, 4) is 5.75 Å². The van der Waals surface area contributed by atoms with Crippen molar-refractivity contribution in [1.82, 2.24) is 9.97 Å². The zero-order valence-electron chi connectivity index (χ0n) is 15.0. The van der Waals surface area contributed by atoms with Crippen LogP contribution in [0.1, 0.15) is 23.2 Å². The van der Waals surface area contributed by atoms with Gasteiger partial charge in [0, 0.05) is 22.5 Å². The molecule has 138 valence electrons. The van der Waals surface area contributed by atoms with E-state index in [0.29, 0.717) is 29.0 Å². The van der Waals surface area contributed by atoms with Crippen molar-refractivity contribution in [2.75, 3.05) is 17.2 Å². The Hall–Kier alpha value is -3.12. The highest BCUT2D eigenvalue weighted by atomic mass is 35.5. The molecule has 1 amide bonds. The largest absolute Gasteiger partial charge is 0.494 e. The summed E-state index contributed by atoms with van der Waals surface area (Å²) in [6.45, 7) is 4.29. The fraction of sp³-hybridized carbons (Fsp3) is 0.150. The van der Waals surface area contributed by atoms with Crippen LogP contribution < -0.4 is 15.4 Å². The Bertz CT molecular complexity index is 945. The Morgan fingerprint density at radius 1 is 1.07 bits per heavy atom. The second-order valence-electron chi connectivity index (χ2n) is 5.73. The summed E-state index contributed by atoms with van der Waals surface area (Å²) in [6, 6.07) is 16.0. The second-order valence-corrected chi connectivity index (χ2v) is 6.17. The third kappa shape index (κ3) is 5.18. The van der Waals surface area contributed by atoms with Gasteiger partial charge < -0.3 is 15.4 Å². The van der Waals surface area contributed by atoms with E-state index in [1.54, 1.807) is 37.3 Å². The highest BCUT2D eigenvalue weighted by Crippen LogP contribution is 2.20. The van der Waals surface area contributed by atoms with Gasteiger partial charge >= 0.3 is 0 Å². The Kier molecular flexibility index (Phi) is 5.88. The van der Waals surface area contributed by atoms with Crippen molar-refractivity contribution >= 4 is 34.7 Å². The number of amides is 1. The van der Waals surface area contributed by atoms with Crippen molar-refractivity contribution < 1.29 is 9.53 Å². The van der Waals surface area contributed by atoms with Crippen molar-refractivity contribution in [3.05, 3.63) is 71.1 Å². The number of nitrogens with one attached hydrogen (secondary N) is 2. The van der Waals surface area contributed by atoms with Crippen molar-refractivity contribution in [3.63, 3.8) is 0 Å². The molecule has 2 aromatic carbocycles. The number of rotatable bonds is 6. The van der Waals surface area contributed by atoms with E-state index in [0.717, 1.165) is 11.4 Å². The van der Waals surface area contributed by atoms with Gasteiger partial charge in [0.05, 0.1) is 6.61 Å². The minimum Gasteiger partial charge on any atom is -0.494 e. The molecule has 0 aliphatic heterocycles. The summed E-state index contributed by atoms with van der Waals surface area (Å²) in [6.07, 6.45) is 0. The Balaban J connectivity index is 1.76. The SMILES string of the molecule is CCOc1ccc(Nc2cc(C(=O)Nc3cccc(Cl)c3)nc(C)n2)cc1. The molecule has 0 unspecified atom stereocenters. The minimum absolute atomic E-state index is 0.260. The smallest absolute Gasteiger partial charge is 0.274 e. The summed E-state index contributed by atoms with van der Waals surface area (Å²) in [5.74, 6) is 1.48. The monoisotopic (exact) mass is 382 g/mol. The molecule has 7 heteroatoms. The number of hydrogen-bond acceptors (Lipinski definition) is 5. The molecule has 2 N–H and O–H groups in total. The van der Waals surface area contributed by atoms with E-state index in [-0.39, 0.29) is 11.6 Å². The van der Waals surface area contributed by atoms with Crippen LogP contribution in [0.2, 0.25) is 5.02 Å². The topological polar surface area (TPSA) is 76.1 Å². The maximum atomic E-state index is 12.5. The van der Waals surface area contributed by atoms with Crippen LogP contribution in [0, 0.1) is 6.92 Å². The van der Waals surface area contributed by atoms with Gasteiger partial charge in [0.15, 0.2) is 0 Å². The molecule has 0 saturated carbocycles. The van der Waals surface area contributed by atoms with Crippen LogP contribution in [0.15, 0.2) is 54.6 Å². The predicted octanol–water partition coefficient (Wildman–Crippen LogP) is 4.83. The fourth-order valence-electron chi connectivity index (χ4n) is 2.46. The number of hydrogen-bond donors (Lipinski definition) is 2. The van der Waals surface area contributed by atoms with E-state index < -0.39 is 0 Å². The molecule has 0 atom stereocenters. The lowest BCUT2D eigenvalue weighted by Crippen LogP contribution is -2.15. The van der Waals surface area contributed by atoms with Crippen LogP contribution >= 0.6 is 11.6 Å². The van der Waals surface area contributed by atoms with Gasteiger partial charge in [0.1, 0.15) is 23.1 Å². The van der Waals surface area contributed by atoms with Gasteiger partial charge in [0.2, 0.25) is 0 Å². The highest BCUT2D eigenvalue weighted by molar-refractivity contribution is 6.30. The number of aryl methyl sites for hydroxylation is 1. The van der Waals surface area contributed by atoms with E-state index in [9.17, 15) is 4.79 Å². The molecular formula is C20H19ClN4O2. The van der Waals surface area contributed by atoms with Gasteiger partial charge in [-0.2, -0.15) is 0 Å². The molecule has 0 bridgehead atoms. The van der Waals surface area contributed by atoms with Crippen LogP contribution in [0.4, 0.5) is 17.2 Å². The quantitative estimate of drug-likeness (QED) is 0.638. The molecule has 0 aliphatic carbocycles. The molecule has 0 fully saturated rings. The molecule has 0 aliphatic rings. The summed E-state index contributed by atoms with van der Waals surface area (Å²) < 4.78 is 5.43. The number of ether oxygens (including phenoxy) is 1. The zero-order chi connectivity index (χ0) is 19.2. The molecular weight excluding hydrogens is 364 g/mol.